The Morgan fingerprint density at radius 3 is 2.53 bits per heavy atom. The van der Waals surface area contributed by atoms with Crippen LogP contribution >= 0.6 is 11.6 Å². The van der Waals surface area contributed by atoms with Crippen LogP contribution < -0.4 is 0 Å². The molecule has 1 heterocycles. The van der Waals surface area contributed by atoms with Gasteiger partial charge in [0.25, 0.3) is 0 Å². The summed E-state index contributed by atoms with van der Waals surface area (Å²) in [6, 6.07) is 6.37. The molecule has 0 aliphatic heterocycles. The molecule has 3 aromatic rings. The van der Waals surface area contributed by atoms with E-state index in [2.05, 4.69) is 9.97 Å². The Balaban J connectivity index is 2.23. The summed E-state index contributed by atoms with van der Waals surface area (Å²) in [6.07, 6.45) is 0. The molecule has 19 heavy (non-hydrogen) atoms. The minimum Gasteiger partial charge on any atom is -0.338 e. The van der Waals surface area contributed by atoms with Gasteiger partial charge in [0, 0.05) is 5.02 Å². The van der Waals surface area contributed by atoms with E-state index in [4.69, 9.17) is 11.6 Å². The quantitative estimate of drug-likeness (QED) is 0.708. The molecular formula is C13H6ClF3N2. The molecule has 96 valence electrons. The van der Waals surface area contributed by atoms with Crippen LogP contribution in [0.15, 0.2) is 30.3 Å². The largest absolute Gasteiger partial charge is 0.338 e. The molecular weight excluding hydrogens is 277 g/mol. The monoisotopic (exact) mass is 282 g/mol. The first kappa shape index (κ1) is 12.0. The molecule has 3 rings (SSSR count). The van der Waals surface area contributed by atoms with Crippen molar-refractivity contribution in [3.63, 3.8) is 0 Å². The topological polar surface area (TPSA) is 28.7 Å². The Labute approximate surface area is 110 Å². The predicted octanol–water partition coefficient (Wildman–Crippen LogP) is 4.30. The van der Waals surface area contributed by atoms with Crippen LogP contribution in [0.3, 0.4) is 0 Å². The van der Waals surface area contributed by atoms with Gasteiger partial charge in [0.2, 0.25) is 0 Å². The molecule has 1 N–H and O–H groups in total. The Hall–Kier alpha value is -2.01. The molecule has 0 saturated heterocycles. The van der Waals surface area contributed by atoms with Crippen LogP contribution in [0.2, 0.25) is 5.02 Å². The second-order valence-electron chi connectivity index (χ2n) is 3.97. The lowest BCUT2D eigenvalue weighted by Crippen LogP contribution is -1.86. The summed E-state index contributed by atoms with van der Waals surface area (Å²) in [5, 5.41) is 0.245. The number of benzene rings is 2. The number of H-pyrrole nitrogens is 1. The fourth-order valence-electron chi connectivity index (χ4n) is 1.83. The minimum absolute atomic E-state index is 0.119. The second-order valence-corrected chi connectivity index (χ2v) is 4.40. The maximum Gasteiger partial charge on any atom is 0.186 e. The van der Waals surface area contributed by atoms with Crippen LogP contribution in [0, 0.1) is 17.5 Å². The fourth-order valence-corrected chi connectivity index (χ4v) is 1.99. The third kappa shape index (κ3) is 1.96. The first-order chi connectivity index (χ1) is 9.06. The highest BCUT2D eigenvalue weighted by Crippen LogP contribution is 2.26. The van der Waals surface area contributed by atoms with Crippen molar-refractivity contribution in [2.75, 3.05) is 0 Å². The number of nitrogens with one attached hydrogen (secondary N) is 1. The summed E-state index contributed by atoms with van der Waals surface area (Å²) < 4.78 is 40.3. The smallest absolute Gasteiger partial charge is 0.186 e. The number of hydrogen-bond acceptors (Lipinski definition) is 1. The van der Waals surface area contributed by atoms with Gasteiger partial charge in [0.05, 0.1) is 11.1 Å². The number of fused-ring (bicyclic) bond motifs is 1. The van der Waals surface area contributed by atoms with Gasteiger partial charge in [0.15, 0.2) is 11.6 Å². The summed E-state index contributed by atoms with van der Waals surface area (Å²) in [5.41, 5.74) is 0.271. The van der Waals surface area contributed by atoms with Gasteiger partial charge in [-0.25, -0.2) is 18.2 Å². The highest BCUT2D eigenvalue weighted by molar-refractivity contribution is 6.30. The zero-order chi connectivity index (χ0) is 13.6. The van der Waals surface area contributed by atoms with Gasteiger partial charge in [-0.15, -0.1) is 0 Å². The number of hydrogen-bond donors (Lipinski definition) is 1. The van der Waals surface area contributed by atoms with Crippen LogP contribution in [-0.2, 0) is 0 Å². The van der Waals surface area contributed by atoms with E-state index in [9.17, 15) is 13.2 Å². The molecule has 0 radical (unpaired) electrons. The molecule has 0 unspecified atom stereocenters. The summed E-state index contributed by atoms with van der Waals surface area (Å²) in [6.45, 7) is 0. The highest BCUT2D eigenvalue weighted by atomic mass is 35.5. The Morgan fingerprint density at radius 1 is 1.00 bits per heavy atom. The summed E-state index contributed by atoms with van der Waals surface area (Å²) in [5.74, 6) is -2.53. The number of aromatic nitrogens is 2. The molecule has 6 heteroatoms. The van der Waals surface area contributed by atoms with Gasteiger partial charge < -0.3 is 4.98 Å². The fraction of sp³-hybridized carbons (Fsp3) is 0. The number of aromatic amines is 1. The van der Waals surface area contributed by atoms with E-state index < -0.39 is 17.5 Å². The van der Waals surface area contributed by atoms with Crippen molar-refractivity contribution in [3.8, 4) is 11.4 Å². The predicted molar refractivity (Wildman–Crippen MR) is 66.4 cm³/mol. The molecule has 0 bridgehead atoms. The van der Waals surface area contributed by atoms with Gasteiger partial charge in [0.1, 0.15) is 17.2 Å². The second kappa shape index (κ2) is 4.28. The number of nitrogens with zero attached hydrogens (tertiary/aromatic N) is 1. The van der Waals surface area contributed by atoms with Gasteiger partial charge in [-0.05, 0) is 30.3 Å². The number of halogens is 4. The number of rotatable bonds is 1. The third-order valence-corrected chi connectivity index (χ3v) is 2.97. The van der Waals surface area contributed by atoms with Crippen molar-refractivity contribution >= 4 is 22.6 Å². The van der Waals surface area contributed by atoms with Crippen molar-refractivity contribution < 1.29 is 13.2 Å². The van der Waals surface area contributed by atoms with E-state index in [0.717, 1.165) is 12.1 Å². The maximum atomic E-state index is 13.7. The zero-order valence-corrected chi connectivity index (χ0v) is 10.1. The molecule has 0 fully saturated rings. The molecule has 0 aliphatic carbocycles. The van der Waals surface area contributed by atoms with E-state index in [1.807, 2.05) is 0 Å². The Kier molecular flexibility index (Phi) is 2.71. The van der Waals surface area contributed by atoms with Crippen molar-refractivity contribution in [3.05, 3.63) is 52.8 Å². The van der Waals surface area contributed by atoms with E-state index >= 15 is 0 Å². The molecule has 2 nitrogen and oxygen atoms in total. The lowest BCUT2D eigenvalue weighted by Gasteiger charge is -1.99. The normalized spacial score (nSPS) is 11.2. The van der Waals surface area contributed by atoms with Crippen molar-refractivity contribution in [2.24, 2.45) is 0 Å². The van der Waals surface area contributed by atoms with Gasteiger partial charge in [-0.2, -0.15) is 0 Å². The van der Waals surface area contributed by atoms with Crippen LogP contribution in [0.1, 0.15) is 0 Å². The van der Waals surface area contributed by atoms with Gasteiger partial charge >= 0.3 is 0 Å². The Morgan fingerprint density at radius 2 is 1.79 bits per heavy atom. The molecule has 0 aliphatic rings. The van der Waals surface area contributed by atoms with Crippen LogP contribution in [0.25, 0.3) is 22.4 Å². The van der Waals surface area contributed by atoms with E-state index in [1.54, 1.807) is 0 Å². The van der Waals surface area contributed by atoms with Gasteiger partial charge in [-0.1, -0.05) is 11.6 Å². The number of imidazole rings is 1. The van der Waals surface area contributed by atoms with Gasteiger partial charge in [-0.3, -0.25) is 0 Å². The first-order valence-corrected chi connectivity index (χ1v) is 5.73. The van der Waals surface area contributed by atoms with E-state index in [1.165, 1.54) is 18.2 Å². The molecule has 0 atom stereocenters. The maximum absolute atomic E-state index is 13.7. The first-order valence-electron chi connectivity index (χ1n) is 5.35. The minimum atomic E-state index is -1.06. The van der Waals surface area contributed by atoms with Crippen molar-refractivity contribution in [1.82, 2.24) is 9.97 Å². The lowest BCUT2D eigenvalue weighted by molar-refractivity contribution is 0.515. The van der Waals surface area contributed by atoms with Crippen LogP contribution in [0.4, 0.5) is 13.2 Å². The third-order valence-electron chi connectivity index (χ3n) is 2.73. The van der Waals surface area contributed by atoms with Crippen LogP contribution in [-0.4, -0.2) is 9.97 Å². The van der Waals surface area contributed by atoms with Crippen LogP contribution in [0.5, 0.6) is 0 Å². The SMILES string of the molecule is Fc1cc(Cl)ccc1-c1nc2c(F)c(F)ccc2[nH]1. The van der Waals surface area contributed by atoms with E-state index in [0.29, 0.717) is 5.52 Å². The highest BCUT2D eigenvalue weighted by Gasteiger charge is 2.15. The molecule has 2 aromatic carbocycles. The zero-order valence-electron chi connectivity index (χ0n) is 9.35. The summed E-state index contributed by atoms with van der Waals surface area (Å²) >= 11 is 5.65. The molecule has 0 amide bonds. The lowest BCUT2D eigenvalue weighted by atomic mass is 10.2. The molecule has 1 aromatic heterocycles. The summed E-state index contributed by atoms with van der Waals surface area (Å²) in [4.78, 5) is 6.62. The Bertz CT molecular complexity index is 783. The molecule has 0 saturated carbocycles. The van der Waals surface area contributed by atoms with Crippen molar-refractivity contribution in [2.45, 2.75) is 0 Å². The van der Waals surface area contributed by atoms with Crippen molar-refractivity contribution in [1.29, 1.82) is 0 Å². The average Bonchev–Trinajstić information content (AvgIpc) is 2.78. The van der Waals surface area contributed by atoms with E-state index in [-0.39, 0.29) is 21.9 Å². The standard InChI is InChI=1S/C13H6ClF3N2/c14-6-1-2-7(9(16)5-6)13-18-10-4-3-8(15)11(17)12(10)19-13/h1-5H,(H,18,19). The molecule has 0 spiro atoms. The average molecular weight is 283 g/mol. The summed E-state index contributed by atoms with van der Waals surface area (Å²) in [7, 11) is 0.